The molecule has 2 aromatic carbocycles. The number of nitrogens with one attached hydrogen (secondary N) is 3. The molecule has 0 aliphatic rings. The lowest BCUT2D eigenvalue weighted by Gasteiger charge is -2.09. The van der Waals surface area contributed by atoms with Crippen LogP contribution in [0.1, 0.15) is 10.5 Å². The lowest BCUT2D eigenvalue weighted by atomic mass is 10.1. The van der Waals surface area contributed by atoms with Gasteiger partial charge in [0.25, 0.3) is 21.6 Å². The van der Waals surface area contributed by atoms with Crippen molar-refractivity contribution >= 4 is 55.2 Å². The Kier molecular flexibility index (Phi) is 5.55. The molecule has 0 fully saturated rings. The smallest absolute Gasteiger partial charge is 0.293 e. The molecule has 0 saturated carbocycles. The molecule has 4 aromatic rings. The molecule has 10 nitrogen and oxygen atoms in total. The molecule has 0 spiro atoms. The number of methoxy groups -OCH3 is 1. The summed E-state index contributed by atoms with van der Waals surface area (Å²) in [5, 5.41) is 16.5. The number of anilines is 2. The monoisotopic (exact) mass is 472 g/mol. The van der Waals surface area contributed by atoms with E-state index in [0.29, 0.717) is 22.5 Å². The highest BCUT2D eigenvalue weighted by molar-refractivity contribution is 7.92. The normalized spacial score (nSPS) is 11.3. The molecule has 12 heteroatoms. The molecule has 0 radical (unpaired) electrons. The number of carbonyl (C=O) groups excluding carboxylic acids is 1. The third-order valence-corrected chi connectivity index (χ3v) is 7.28. The SMILES string of the molecule is COc1cccc(Nc2ccc([N+](=O)[O-])c3[nH]c(C(=O)NS(=O)(=O)c4cccs4)cc23)c1. The Balaban J connectivity index is 1.73. The van der Waals surface area contributed by atoms with Crippen molar-refractivity contribution in [2.24, 2.45) is 0 Å². The van der Waals surface area contributed by atoms with Crippen LogP contribution < -0.4 is 14.8 Å². The minimum absolute atomic E-state index is 0.0201. The molecular formula is C20H16N4O6S2. The van der Waals surface area contributed by atoms with E-state index in [1.54, 1.807) is 35.7 Å². The summed E-state index contributed by atoms with van der Waals surface area (Å²) < 4.78 is 31.9. The number of ether oxygens (including phenoxy) is 1. The van der Waals surface area contributed by atoms with Crippen LogP contribution in [0.3, 0.4) is 0 Å². The summed E-state index contributed by atoms with van der Waals surface area (Å²) in [5.74, 6) is -0.322. The van der Waals surface area contributed by atoms with Gasteiger partial charge < -0.3 is 15.0 Å². The van der Waals surface area contributed by atoms with Crippen molar-refractivity contribution in [1.82, 2.24) is 9.71 Å². The van der Waals surface area contributed by atoms with Crippen molar-refractivity contribution in [3.05, 3.63) is 75.8 Å². The molecule has 32 heavy (non-hydrogen) atoms. The summed E-state index contributed by atoms with van der Waals surface area (Å²) in [6.07, 6.45) is 0. The van der Waals surface area contributed by atoms with Crippen molar-refractivity contribution in [3.8, 4) is 5.75 Å². The van der Waals surface area contributed by atoms with Crippen molar-refractivity contribution in [2.75, 3.05) is 12.4 Å². The van der Waals surface area contributed by atoms with Gasteiger partial charge in [0.1, 0.15) is 21.2 Å². The number of nitrogens with zero attached hydrogens (tertiary/aromatic N) is 1. The fourth-order valence-electron chi connectivity index (χ4n) is 3.09. The zero-order valence-corrected chi connectivity index (χ0v) is 18.1. The number of thiophene rings is 1. The number of H-pyrrole nitrogens is 1. The van der Waals surface area contributed by atoms with Gasteiger partial charge in [-0.3, -0.25) is 14.9 Å². The molecule has 0 saturated heterocycles. The Bertz CT molecular complexity index is 1430. The van der Waals surface area contributed by atoms with E-state index in [0.717, 1.165) is 11.3 Å². The van der Waals surface area contributed by atoms with Crippen molar-refractivity contribution < 1.29 is 22.9 Å². The van der Waals surface area contributed by atoms with Crippen molar-refractivity contribution in [3.63, 3.8) is 0 Å². The summed E-state index contributed by atoms with van der Waals surface area (Å²) in [5.41, 5.74) is 0.836. The van der Waals surface area contributed by atoms with Crippen molar-refractivity contribution in [1.29, 1.82) is 0 Å². The van der Waals surface area contributed by atoms with Crippen molar-refractivity contribution in [2.45, 2.75) is 4.21 Å². The Morgan fingerprint density at radius 1 is 1.16 bits per heavy atom. The van der Waals surface area contributed by atoms with Gasteiger partial charge in [-0.2, -0.15) is 0 Å². The van der Waals surface area contributed by atoms with Gasteiger partial charge in [0.05, 0.1) is 12.0 Å². The molecule has 2 aromatic heterocycles. The molecule has 164 valence electrons. The van der Waals surface area contributed by atoms with E-state index < -0.39 is 20.9 Å². The first kappa shape index (κ1) is 21.3. The topological polar surface area (TPSA) is 143 Å². The third kappa shape index (κ3) is 4.13. The number of hydrogen-bond acceptors (Lipinski definition) is 8. The number of fused-ring (bicyclic) bond motifs is 1. The average Bonchev–Trinajstić information content (AvgIpc) is 3.44. The minimum Gasteiger partial charge on any atom is -0.497 e. The second kappa shape index (κ2) is 8.32. The first-order valence-electron chi connectivity index (χ1n) is 9.10. The number of non-ortho nitro benzene ring substituents is 1. The zero-order valence-electron chi connectivity index (χ0n) is 16.5. The summed E-state index contributed by atoms with van der Waals surface area (Å²) in [6, 6.07) is 14.1. The highest BCUT2D eigenvalue weighted by atomic mass is 32.2. The highest BCUT2D eigenvalue weighted by Crippen LogP contribution is 2.34. The van der Waals surface area contributed by atoms with Gasteiger partial charge in [0, 0.05) is 28.9 Å². The van der Waals surface area contributed by atoms with Crippen LogP contribution in [0, 0.1) is 10.1 Å². The number of benzene rings is 2. The van der Waals surface area contributed by atoms with Crippen LogP contribution in [0.15, 0.2) is 64.2 Å². The Morgan fingerprint density at radius 3 is 2.66 bits per heavy atom. The van der Waals surface area contributed by atoms with Crippen LogP contribution in [-0.4, -0.2) is 31.3 Å². The zero-order chi connectivity index (χ0) is 22.9. The van der Waals surface area contributed by atoms with E-state index >= 15 is 0 Å². The summed E-state index contributed by atoms with van der Waals surface area (Å²) in [6.45, 7) is 0. The summed E-state index contributed by atoms with van der Waals surface area (Å²) in [7, 11) is -2.53. The number of aromatic amines is 1. The Hall–Kier alpha value is -3.90. The fourth-order valence-corrected chi connectivity index (χ4v) is 5.05. The van der Waals surface area contributed by atoms with Crippen LogP contribution in [-0.2, 0) is 10.0 Å². The van der Waals surface area contributed by atoms with Crippen LogP contribution in [0.4, 0.5) is 17.1 Å². The molecule has 1 amide bonds. The quantitative estimate of drug-likeness (QED) is 0.272. The molecule has 0 atom stereocenters. The standard InChI is InChI=1S/C20H16N4O6S2/c1-30-13-5-2-4-12(10-13)21-15-7-8-17(24(26)27)19-14(15)11-16(22-19)20(25)23-32(28,29)18-6-3-9-31-18/h2-11,21-22H,1H3,(H,23,25). The van der Waals surface area contributed by atoms with E-state index in [2.05, 4.69) is 10.3 Å². The molecule has 0 bridgehead atoms. The van der Waals surface area contributed by atoms with Gasteiger partial charge in [-0.15, -0.1) is 11.3 Å². The number of sulfonamides is 1. The second-order valence-electron chi connectivity index (χ2n) is 6.58. The largest absolute Gasteiger partial charge is 0.497 e. The number of nitro groups is 1. The number of nitro benzene ring substituents is 1. The maximum atomic E-state index is 12.6. The van der Waals surface area contributed by atoms with E-state index in [9.17, 15) is 23.3 Å². The molecule has 0 aliphatic carbocycles. The number of hydrogen-bond donors (Lipinski definition) is 3. The lowest BCUT2D eigenvalue weighted by Crippen LogP contribution is -2.30. The van der Waals surface area contributed by atoms with Gasteiger partial charge in [-0.1, -0.05) is 12.1 Å². The molecule has 2 heterocycles. The third-order valence-electron chi connectivity index (χ3n) is 4.55. The molecule has 4 rings (SSSR count). The number of carbonyl (C=O) groups is 1. The number of rotatable bonds is 7. The summed E-state index contributed by atoms with van der Waals surface area (Å²) >= 11 is 0.963. The first-order chi connectivity index (χ1) is 15.3. The van der Waals surface area contributed by atoms with Gasteiger partial charge in [0.15, 0.2) is 0 Å². The van der Waals surface area contributed by atoms with Gasteiger partial charge >= 0.3 is 0 Å². The van der Waals surface area contributed by atoms with E-state index in [4.69, 9.17) is 4.74 Å². The molecule has 0 unspecified atom stereocenters. The second-order valence-corrected chi connectivity index (χ2v) is 9.44. The number of aromatic nitrogens is 1. The van der Waals surface area contributed by atoms with E-state index in [-0.39, 0.29) is 21.1 Å². The van der Waals surface area contributed by atoms with E-state index in [1.807, 2.05) is 4.72 Å². The molecule has 3 N–H and O–H groups in total. The predicted octanol–water partition coefficient (Wildman–Crippen LogP) is 4.01. The molecule has 0 aliphatic heterocycles. The lowest BCUT2D eigenvalue weighted by molar-refractivity contribution is -0.383. The molecular weight excluding hydrogens is 456 g/mol. The van der Waals surface area contributed by atoms with Crippen LogP contribution in [0.25, 0.3) is 10.9 Å². The van der Waals surface area contributed by atoms with Gasteiger partial charge in [-0.25, -0.2) is 13.1 Å². The van der Waals surface area contributed by atoms with Crippen LogP contribution in [0.5, 0.6) is 5.75 Å². The Morgan fingerprint density at radius 2 is 1.97 bits per heavy atom. The van der Waals surface area contributed by atoms with Gasteiger partial charge in [-0.05, 0) is 35.7 Å². The van der Waals surface area contributed by atoms with Crippen LogP contribution >= 0.6 is 11.3 Å². The predicted molar refractivity (Wildman–Crippen MR) is 120 cm³/mol. The maximum Gasteiger partial charge on any atom is 0.293 e. The van der Waals surface area contributed by atoms with Crippen LogP contribution in [0.2, 0.25) is 0 Å². The van der Waals surface area contributed by atoms with Gasteiger partial charge in [0.2, 0.25) is 0 Å². The minimum atomic E-state index is -4.06. The summed E-state index contributed by atoms with van der Waals surface area (Å²) in [4.78, 5) is 26.2. The average molecular weight is 473 g/mol. The Labute approximate surface area is 186 Å². The first-order valence-corrected chi connectivity index (χ1v) is 11.5. The highest BCUT2D eigenvalue weighted by Gasteiger charge is 2.24. The number of amides is 1. The van der Waals surface area contributed by atoms with E-state index in [1.165, 1.54) is 31.4 Å². The maximum absolute atomic E-state index is 12.6. The fraction of sp³-hybridized carbons (Fsp3) is 0.0500.